The molecule has 0 saturated carbocycles. The summed E-state index contributed by atoms with van der Waals surface area (Å²) < 4.78 is 8.62. The first kappa shape index (κ1) is 25.9. The summed E-state index contributed by atoms with van der Waals surface area (Å²) in [4.78, 5) is 13.9. The molecule has 0 amide bonds. The summed E-state index contributed by atoms with van der Waals surface area (Å²) in [5, 5.41) is 2.17. The van der Waals surface area contributed by atoms with Crippen LogP contribution in [0.15, 0.2) is 146 Å². The largest absolute Gasteiger partial charge is 0.457 e. The van der Waals surface area contributed by atoms with Gasteiger partial charge in [-0.1, -0.05) is 91.0 Å². The van der Waals surface area contributed by atoms with Crippen LogP contribution in [0, 0.1) is 0 Å². The Balaban J connectivity index is 1.26. The van der Waals surface area contributed by atoms with Crippen LogP contribution in [0.4, 0.5) is 0 Å². The minimum absolute atomic E-state index is 0.592. The van der Waals surface area contributed by atoms with E-state index in [9.17, 15) is 0 Å². The van der Waals surface area contributed by atoms with Gasteiger partial charge < -0.3 is 4.74 Å². The maximum absolute atomic E-state index is 6.58. The lowest BCUT2D eigenvalue weighted by Gasteiger charge is -2.42. The number of rotatable bonds is 2. The van der Waals surface area contributed by atoms with E-state index in [0.717, 1.165) is 55.7 Å². The van der Waals surface area contributed by atoms with Gasteiger partial charge in [-0.25, -0.2) is 15.0 Å². The smallest absolute Gasteiger partial charge is 0.235 e. The van der Waals surface area contributed by atoms with Crippen LogP contribution in [0.1, 0.15) is 33.4 Å². The predicted octanol–water partition coefficient (Wildman–Crippen LogP) is 9.61. The van der Waals surface area contributed by atoms with Gasteiger partial charge in [-0.3, -0.25) is 4.57 Å². The van der Waals surface area contributed by atoms with E-state index in [1.54, 1.807) is 12.4 Å². The van der Waals surface area contributed by atoms with Gasteiger partial charge in [0.05, 0.1) is 10.9 Å². The van der Waals surface area contributed by atoms with Crippen molar-refractivity contribution in [3.63, 3.8) is 0 Å². The van der Waals surface area contributed by atoms with E-state index in [1.807, 2.05) is 22.9 Å². The van der Waals surface area contributed by atoms with Gasteiger partial charge in [-0.2, -0.15) is 0 Å². The van der Waals surface area contributed by atoms with E-state index in [-0.39, 0.29) is 0 Å². The molecule has 8 aromatic rings. The topological polar surface area (TPSA) is 52.8 Å². The lowest BCUT2D eigenvalue weighted by Crippen LogP contribution is -2.35. The van der Waals surface area contributed by atoms with Gasteiger partial charge in [0.25, 0.3) is 0 Å². The monoisotopic (exact) mass is 602 g/mol. The molecule has 0 fully saturated rings. The third kappa shape index (κ3) is 3.62. The summed E-state index contributed by atoms with van der Waals surface area (Å²) in [6, 6.07) is 45.2. The summed E-state index contributed by atoms with van der Waals surface area (Å²) >= 11 is 0. The first-order valence-electron chi connectivity index (χ1n) is 15.8. The first-order chi connectivity index (χ1) is 23.3. The summed E-state index contributed by atoms with van der Waals surface area (Å²) in [6.07, 6.45) is 9.87. The summed E-state index contributed by atoms with van der Waals surface area (Å²) in [5.41, 5.74) is 10.6. The zero-order chi connectivity index (χ0) is 31.0. The molecule has 4 heterocycles. The average Bonchev–Trinajstić information content (AvgIpc) is 3.39. The highest BCUT2D eigenvalue weighted by Crippen LogP contribution is 2.58. The van der Waals surface area contributed by atoms with Crippen molar-refractivity contribution in [2.75, 3.05) is 0 Å². The van der Waals surface area contributed by atoms with E-state index >= 15 is 0 Å². The number of fused-ring (bicyclic) bond motifs is 11. The number of pyridine rings is 1. The molecule has 5 nitrogen and oxygen atoms in total. The van der Waals surface area contributed by atoms with Gasteiger partial charge in [-0.15, -0.1) is 0 Å². The van der Waals surface area contributed by atoms with Gasteiger partial charge >= 0.3 is 0 Å². The minimum atomic E-state index is -0.592. The van der Waals surface area contributed by atoms with Crippen molar-refractivity contribution in [2.24, 2.45) is 0 Å². The molecule has 3 aromatic heterocycles. The fraction of sp³-hybridized carbons (Fsp3) is 0.0238. The van der Waals surface area contributed by atoms with Crippen LogP contribution >= 0.6 is 0 Å². The molecular weight excluding hydrogens is 576 g/mol. The Morgan fingerprint density at radius 3 is 1.91 bits per heavy atom. The van der Waals surface area contributed by atoms with Gasteiger partial charge in [0.1, 0.15) is 17.1 Å². The van der Waals surface area contributed by atoms with E-state index in [2.05, 4.69) is 137 Å². The molecule has 220 valence electrons. The van der Waals surface area contributed by atoms with Crippen LogP contribution in [-0.2, 0) is 5.41 Å². The second-order valence-electron chi connectivity index (χ2n) is 12.1. The second kappa shape index (κ2) is 9.83. The third-order valence-corrected chi connectivity index (χ3v) is 9.68. The summed E-state index contributed by atoms with van der Waals surface area (Å²) in [6.45, 7) is 0. The summed E-state index contributed by atoms with van der Waals surface area (Å²) in [5.74, 6) is 2.36. The quantitative estimate of drug-likeness (QED) is 0.198. The van der Waals surface area contributed by atoms with Gasteiger partial charge in [0.2, 0.25) is 5.95 Å². The van der Waals surface area contributed by atoms with Crippen molar-refractivity contribution in [3.05, 3.63) is 179 Å². The molecule has 0 unspecified atom stereocenters. The highest BCUT2D eigenvalue weighted by atomic mass is 16.5. The zero-order valence-corrected chi connectivity index (χ0v) is 25.2. The van der Waals surface area contributed by atoms with E-state index in [1.165, 1.54) is 22.3 Å². The lowest BCUT2D eigenvalue weighted by molar-refractivity contribution is 0.434. The molecule has 2 aliphatic rings. The molecule has 0 saturated heterocycles. The zero-order valence-electron chi connectivity index (χ0n) is 25.2. The summed E-state index contributed by atoms with van der Waals surface area (Å²) in [7, 11) is 0. The number of ether oxygens (including phenoxy) is 1. The van der Waals surface area contributed by atoms with Crippen LogP contribution < -0.4 is 4.74 Å². The number of hydrogen-bond donors (Lipinski definition) is 0. The van der Waals surface area contributed by atoms with Crippen LogP contribution in [0.25, 0.3) is 51.2 Å². The Morgan fingerprint density at radius 2 is 1.13 bits per heavy atom. The number of benzene rings is 5. The number of aromatic nitrogens is 4. The molecular formula is C42H26N4O. The third-order valence-electron chi connectivity index (χ3n) is 9.68. The molecule has 5 aromatic carbocycles. The van der Waals surface area contributed by atoms with Crippen LogP contribution in [0.2, 0.25) is 0 Å². The fourth-order valence-electron chi connectivity index (χ4n) is 7.72. The van der Waals surface area contributed by atoms with Crippen molar-refractivity contribution in [3.8, 4) is 28.6 Å². The average molecular weight is 603 g/mol. The Bertz CT molecular complexity index is 2520. The molecule has 1 aliphatic carbocycles. The van der Waals surface area contributed by atoms with Gasteiger partial charge in [0.15, 0.2) is 0 Å². The highest BCUT2D eigenvalue weighted by Gasteiger charge is 2.47. The Morgan fingerprint density at radius 1 is 0.489 bits per heavy atom. The van der Waals surface area contributed by atoms with Crippen molar-refractivity contribution in [1.29, 1.82) is 0 Å². The SMILES string of the molecule is C1=Cc2ccc(-c3ccc4c(c3)c3cccnc3n4-c3ncccn3)cc2C2(c3ccccc31)c1ccccc1Oc1ccccc12. The molecule has 5 heteroatoms. The van der Waals surface area contributed by atoms with Gasteiger partial charge in [-0.05, 0) is 81.9 Å². The number of para-hydroxylation sites is 2. The van der Waals surface area contributed by atoms with Crippen LogP contribution in [0.3, 0.4) is 0 Å². The van der Waals surface area contributed by atoms with Crippen LogP contribution in [-0.4, -0.2) is 19.5 Å². The molecule has 10 rings (SSSR count). The predicted molar refractivity (Wildman–Crippen MR) is 187 cm³/mol. The Kier molecular flexibility index (Phi) is 5.43. The fourth-order valence-corrected chi connectivity index (χ4v) is 7.72. The van der Waals surface area contributed by atoms with E-state index < -0.39 is 5.41 Å². The molecule has 0 N–H and O–H groups in total. The minimum Gasteiger partial charge on any atom is -0.457 e. The maximum Gasteiger partial charge on any atom is 0.235 e. The van der Waals surface area contributed by atoms with E-state index in [0.29, 0.717) is 5.95 Å². The van der Waals surface area contributed by atoms with Crippen LogP contribution in [0.5, 0.6) is 11.5 Å². The normalized spacial score (nSPS) is 13.8. The number of nitrogens with zero attached hydrogens (tertiary/aromatic N) is 4. The molecule has 1 aliphatic heterocycles. The first-order valence-corrected chi connectivity index (χ1v) is 15.8. The molecule has 0 atom stereocenters. The Labute approximate surface area is 271 Å². The van der Waals surface area contributed by atoms with Crippen molar-refractivity contribution in [2.45, 2.75) is 5.41 Å². The van der Waals surface area contributed by atoms with Gasteiger partial charge in [0, 0.05) is 40.5 Å². The standard InChI is InChI=1S/C42H26N4O/c1-2-11-33-27(9-1)16-17-28-18-19-30(26-36(28)42(33)34-12-3-5-14-38(34)47-39-15-6-4-13-35(39)42)29-20-21-37-32(25-29)31-10-7-22-43-40(31)46(37)41-44-23-8-24-45-41/h1-26H. The molecule has 1 spiro atoms. The van der Waals surface area contributed by atoms with Crippen molar-refractivity contribution >= 4 is 34.1 Å². The number of hydrogen-bond acceptors (Lipinski definition) is 4. The Hall–Kier alpha value is -6.33. The van der Waals surface area contributed by atoms with Crippen molar-refractivity contribution in [1.82, 2.24) is 19.5 Å². The highest BCUT2D eigenvalue weighted by molar-refractivity contribution is 6.09. The molecule has 47 heavy (non-hydrogen) atoms. The lowest BCUT2D eigenvalue weighted by atomic mass is 9.62. The van der Waals surface area contributed by atoms with E-state index in [4.69, 9.17) is 9.72 Å². The molecule has 0 bridgehead atoms. The maximum atomic E-state index is 6.58. The second-order valence-corrected chi connectivity index (χ2v) is 12.1. The van der Waals surface area contributed by atoms with Crippen molar-refractivity contribution < 1.29 is 4.74 Å². The molecule has 0 radical (unpaired) electrons.